The molecular formula is C30H32O4. The van der Waals surface area contributed by atoms with Gasteiger partial charge in [-0.3, -0.25) is 0 Å². The number of rotatable bonds is 8. The summed E-state index contributed by atoms with van der Waals surface area (Å²) in [5.41, 5.74) is 4.05. The van der Waals surface area contributed by atoms with Crippen molar-refractivity contribution in [2.45, 2.75) is 64.7 Å². The predicted octanol–water partition coefficient (Wildman–Crippen LogP) is 7.30. The highest BCUT2D eigenvalue weighted by Gasteiger charge is 2.30. The molecule has 1 fully saturated rings. The Balaban J connectivity index is 1.85. The Labute approximate surface area is 201 Å². The first-order valence-corrected chi connectivity index (χ1v) is 12.3. The summed E-state index contributed by atoms with van der Waals surface area (Å²) in [4.78, 5) is 26.3. The predicted molar refractivity (Wildman–Crippen MR) is 134 cm³/mol. The van der Waals surface area contributed by atoms with Crippen LogP contribution in [0.4, 0.5) is 0 Å². The Morgan fingerprint density at radius 1 is 0.765 bits per heavy atom. The second-order valence-electron chi connectivity index (χ2n) is 8.86. The van der Waals surface area contributed by atoms with Gasteiger partial charge in [0.1, 0.15) is 0 Å². The average Bonchev–Trinajstić information content (AvgIpc) is 3.41. The van der Waals surface area contributed by atoms with Gasteiger partial charge in [0, 0.05) is 5.56 Å². The van der Waals surface area contributed by atoms with Crippen LogP contribution in [0.3, 0.4) is 0 Å². The summed E-state index contributed by atoms with van der Waals surface area (Å²) in [6.07, 6.45) is 6.93. The maximum absolute atomic E-state index is 13.2. The summed E-state index contributed by atoms with van der Waals surface area (Å²) in [6, 6.07) is 20.1. The van der Waals surface area contributed by atoms with Gasteiger partial charge in [0.25, 0.3) is 0 Å². The van der Waals surface area contributed by atoms with E-state index in [1.165, 1.54) is 5.56 Å². The lowest BCUT2D eigenvalue weighted by molar-refractivity contribution is 0.0679. The minimum absolute atomic E-state index is 0.292. The maximum atomic E-state index is 13.2. The minimum atomic E-state index is -0.451. The van der Waals surface area contributed by atoms with Gasteiger partial charge in [-0.05, 0) is 67.0 Å². The van der Waals surface area contributed by atoms with Crippen LogP contribution in [-0.4, -0.2) is 11.9 Å². The third kappa shape index (κ3) is 5.22. The topological polar surface area (TPSA) is 52.6 Å². The van der Waals surface area contributed by atoms with Crippen molar-refractivity contribution >= 4 is 11.9 Å². The summed E-state index contributed by atoms with van der Waals surface area (Å²) in [5.74, 6) is 0.205. The van der Waals surface area contributed by atoms with E-state index in [0.29, 0.717) is 35.0 Å². The highest BCUT2D eigenvalue weighted by Crippen LogP contribution is 2.47. The van der Waals surface area contributed by atoms with Gasteiger partial charge in [-0.15, -0.1) is 0 Å². The van der Waals surface area contributed by atoms with Crippen molar-refractivity contribution in [2.75, 3.05) is 0 Å². The quantitative estimate of drug-likeness (QED) is 0.264. The Bertz CT molecular complexity index is 1130. The molecule has 176 valence electrons. The molecule has 1 aliphatic rings. The lowest BCUT2D eigenvalue weighted by atomic mass is 9.87. The number of esters is 2. The van der Waals surface area contributed by atoms with Crippen molar-refractivity contribution < 1.29 is 19.1 Å². The molecule has 0 atom stereocenters. The summed E-state index contributed by atoms with van der Waals surface area (Å²) in [6.45, 7) is 4.19. The van der Waals surface area contributed by atoms with Gasteiger partial charge in [0.05, 0.1) is 11.1 Å². The van der Waals surface area contributed by atoms with Crippen molar-refractivity contribution in [2.24, 2.45) is 0 Å². The summed E-state index contributed by atoms with van der Waals surface area (Å²) in [5, 5.41) is 0. The van der Waals surface area contributed by atoms with Crippen molar-refractivity contribution in [3.8, 4) is 11.5 Å². The van der Waals surface area contributed by atoms with Gasteiger partial charge in [0.2, 0.25) is 0 Å². The van der Waals surface area contributed by atoms with Crippen molar-refractivity contribution in [3.05, 3.63) is 94.5 Å². The lowest BCUT2D eigenvalue weighted by Crippen LogP contribution is -2.17. The number of carbonyl (C=O) groups is 2. The first kappa shape index (κ1) is 23.7. The van der Waals surface area contributed by atoms with Crippen LogP contribution in [0.2, 0.25) is 0 Å². The maximum Gasteiger partial charge on any atom is 0.343 e. The molecule has 0 aliphatic heterocycles. The third-order valence-corrected chi connectivity index (χ3v) is 6.51. The normalized spacial score (nSPS) is 13.6. The van der Waals surface area contributed by atoms with Crippen molar-refractivity contribution in [1.29, 1.82) is 0 Å². The zero-order valence-corrected chi connectivity index (χ0v) is 20.0. The Hall–Kier alpha value is -3.40. The highest BCUT2D eigenvalue weighted by atomic mass is 16.6. The molecular weight excluding hydrogens is 424 g/mol. The Morgan fingerprint density at radius 2 is 1.29 bits per heavy atom. The zero-order chi connectivity index (χ0) is 23.9. The van der Waals surface area contributed by atoms with Gasteiger partial charge >= 0.3 is 11.9 Å². The molecule has 34 heavy (non-hydrogen) atoms. The van der Waals surface area contributed by atoms with Gasteiger partial charge in [-0.2, -0.15) is 0 Å². The monoisotopic (exact) mass is 456 g/mol. The number of hydrogen-bond donors (Lipinski definition) is 0. The number of benzene rings is 3. The largest absolute Gasteiger partial charge is 0.419 e. The van der Waals surface area contributed by atoms with Crippen LogP contribution in [0, 0.1) is 0 Å². The molecule has 0 radical (unpaired) electrons. The van der Waals surface area contributed by atoms with Gasteiger partial charge in [-0.25, -0.2) is 9.59 Å². The second-order valence-corrected chi connectivity index (χ2v) is 8.86. The number of ether oxygens (including phenoxy) is 2. The molecule has 4 rings (SSSR count). The van der Waals surface area contributed by atoms with E-state index in [9.17, 15) is 9.59 Å². The molecule has 0 heterocycles. The fraction of sp³-hybridized carbons (Fsp3) is 0.333. The lowest BCUT2D eigenvalue weighted by Gasteiger charge is -2.24. The number of hydrogen-bond acceptors (Lipinski definition) is 4. The standard InChI is InChI=1S/C30H32O4/c1-3-13-25-20-21(4-2)27(33-29(31)23-16-7-5-8-17-23)28(26(25)22-14-11-12-15-22)34-30(32)24-18-9-6-10-19-24/h5-10,16-20,22H,3-4,11-15H2,1-2H3. The van der Waals surface area contributed by atoms with E-state index in [1.807, 2.05) is 43.3 Å². The molecule has 0 unspecified atom stereocenters. The van der Waals surface area contributed by atoms with E-state index >= 15 is 0 Å². The van der Waals surface area contributed by atoms with E-state index in [-0.39, 0.29) is 0 Å². The molecule has 1 saturated carbocycles. The first-order valence-electron chi connectivity index (χ1n) is 12.3. The van der Waals surface area contributed by atoms with E-state index in [0.717, 1.165) is 49.7 Å². The smallest absolute Gasteiger partial charge is 0.343 e. The molecule has 0 amide bonds. The SMILES string of the molecule is CCCc1cc(CC)c(OC(=O)c2ccccc2)c(OC(=O)c2ccccc2)c1C1CCCC1. The third-order valence-electron chi connectivity index (χ3n) is 6.51. The second kappa shape index (κ2) is 11.1. The van der Waals surface area contributed by atoms with Gasteiger partial charge in [-0.1, -0.05) is 75.6 Å². The minimum Gasteiger partial charge on any atom is -0.419 e. The molecule has 4 nitrogen and oxygen atoms in total. The molecule has 3 aromatic rings. The van der Waals surface area contributed by atoms with E-state index in [2.05, 4.69) is 13.0 Å². The first-order chi connectivity index (χ1) is 16.6. The number of carbonyl (C=O) groups excluding carboxylic acids is 2. The van der Waals surface area contributed by atoms with Gasteiger partial charge in [0.15, 0.2) is 11.5 Å². The molecule has 0 N–H and O–H groups in total. The molecule has 0 spiro atoms. The summed E-state index contributed by atoms with van der Waals surface area (Å²) >= 11 is 0. The van der Waals surface area contributed by atoms with Crippen LogP contribution in [0.15, 0.2) is 66.7 Å². The zero-order valence-electron chi connectivity index (χ0n) is 20.0. The fourth-order valence-corrected chi connectivity index (χ4v) is 4.83. The van der Waals surface area contributed by atoms with Crippen LogP contribution in [0.25, 0.3) is 0 Å². The van der Waals surface area contributed by atoms with Crippen LogP contribution in [0.5, 0.6) is 11.5 Å². The fourth-order valence-electron chi connectivity index (χ4n) is 4.83. The molecule has 0 aromatic heterocycles. The van der Waals surface area contributed by atoms with Crippen molar-refractivity contribution in [1.82, 2.24) is 0 Å². The van der Waals surface area contributed by atoms with Crippen LogP contribution >= 0.6 is 0 Å². The molecule has 3 aromatic carbocycles. The Morgan fingerprint density at radius 3 is 1.79 bits per heavy atom. The molecule has 0 bridgehead atoms. The van der Waals surface area contributed by atoms with Crippen LogP contribution < -0.4 is 9.47 Å². The van der Waals surface area contributed by atoms with Crippen LogP contribution in [-0.2, 0) is 12.8 Å². The van der Waals surface area contributed by atoms with E-state index in [1.54, 1.807) is 24.3 Å². The molecule has 4 heteroatoms. The van der Waals surface area contributed by atoms with Crippen molar-refractivity contribution in [3.63, 3.8) is 0 Å². The summed E-state index contributed by atoms with van der Waals surface area (Å²) in [7, 11) is 0. The summed E-state index contributed by atoms with van der Waals surface area (Å²) < 4.78 is 12.1. The van der Waals surface area contributed by atoms with E-state index < -0.39 is 11.9 Å². The number of aryl methyl sites for hydroxylation is 2. The molecule has 1 aliphatic carbocycles. The Kier molecular flexibility index (Phi) is 7.79. The van der Waals surface area contributed by atoms with Crippen LogP contribution in [0.1, 0.15) is 89.3 Å². The highest BCUT2D eigenvalue weighted by molar-refractivity contribution is 5.93. The molecule has 0 saturated heterocycles. The average molecular weight is 457 g/mol. The van der Waals surface area contributed by atoms with Gasteiger partial charge < -0.3 is 9.47 Å². The van der Waals surface area contributed by atoms with E-state index in [4.69, 9.17) is 9.47 Å².